The van der Waals surface area contributed by atoms with Gasteiger partial charge >= 0.3 is 7.60 Å². The van der Waals surface area contributed by atoms with Crippen molar-refractivity contribution in [3.63, 3.8) is 0 Å². The summed E-state index contributed by atoms with van der Waals surface area (Å²) in [4.78, 5) is 19.5. The molecule has 3 rings (SSSR count). The summed E-state index contributed by atoms with van der Waals surface area (Å²) in [5.41, 5.74) is 0. The van der Waals surface area contributed by atoms with Gasteiger partial charge in [0.2, 0.25) is 0 Å². The van der Waals surface area contributed by atoms with Crippen molar-refractivity contribution in [1.82, 2.24) is 0 Å². The lowest BCUT2D eigenvalue weighted by Crippen LogP contribution is -2.30. The van der Waals surface area contributed by atoms with E-state index in [0.717, 1.165) is 10.6 Å². The quantitative estimate of drug-likeness (QED) is 0.715. The largest absolute Gasteiger partial charge is 0.356 e. The van der Waals surface area contributed by atoms with Crippen molar-refractivity contribution in [2.75, 3.05) is 0 Å². The molecule has 0 aliphatic carbocycles. The van der Waals surface area contributed by atoms with E-state index >= 15 is 0 Å². The van der Waals surface area contributed by atoms with Crippen LogP contribution in [-0.2, 0) is 4.57 Å². The van der Waals surface area contributed by atoms with Crippen LogP contribution in [0.2, 0.25) is 0 Å². The van der Waals surface area contributed by atoms with Gasteiger partial charge in [0.15, 0.2) is 0 Å². The second-order valence-corrected chi connectivity index (χ2v) is 8.79. The van der Waals surface area contributed by atoms with Crippen LogP contribution in [0.3, 0.4) is 0 Å². The highest BCUT2D eigenvalue weighted by atomic mass is 31.2. The van der Waals surface area contributed by atoms with Crippen molar-refractivity contribution in [2.24, 2.45) is 0 Å². The maximum atomic E-state index is 11.9. The molecule has 0 bridgehead atoms. The second-order valence-electron chi connectivity index (χ2n) is 5.04. The minimum absolute atomic E-state index is 0.110. The van der Waals surface area contributed by atoms with Crippen molar-refractivity contribution in [3.8, 4) is 0 Å². The van der Waals surface area contributed by atoms with Crippen molar-refractivity contribution in [1.29, 1.82) is 0 Å². The fourth-order valence-corrected chi connectivity index (χ4v) is 6.16. The van der Waals surface area contributed by atoms with Gasteiger partial charge in [-0.05, 0) is 24.6 Å². The van der Waals surface area contributed by atoms with Gasteiger partial charge in [0.25, 0.3) is 0 Å². The van der Waals surface area contributed by atoms with E-state index in [1.165, 1.54) is 6.07 Å². The van der Waals surface area contributed by atoms with Gasteiger partial charge in [-0.15, -0.1) is 0 Å². The summed E-state index contributed by atoms with van der Waals surface area (Å²) >= 11 is 0. The molecule has 0 spiro atoms. The molecule has 0 atom stereocenters. The van der Waals surface area contributed by atoms with Crippen LogP contribution in [0.15, 0.2) is 84.9 Å². The SMILES string of the molecule is O=P(O)(O)c1ccccc1P(c1ccccc1)c1ccccc1. The summed E-state index contributed by atoms with van der Waals surface area (Å²) in [5, 5.41) is 2.94. The minimum Gasteiger partial charge on any atom is -0.321 e. The molecule has 0 aliphatic rings. The van der Waals surface area contributed by atoms with Gasteiger partial charge in [0.1, 0.15) is 0 Å². The number of benzene rings is 3. The molecule has 2 N–H and O–H groups in total. The molecule has 0 aromatic heterocycles. The van der Waals surface area contributed by atoms with Crippen LogP contribution in [-0.4, -0.2) is 9.79 Å². The fourth-order valence-electron chi connectivity index (χ4n) is 2.48. The number of rotatable bonds is 4. The summed E-state index contributed by atoms with van der Waals surface area (Å²) in [6, 6.07) is 26.6. The lowest BCUT2D eigenvalue weighted by molar-refractivity contribution is 0.387. The third kappa shape index (κ3) is 3.60. The predicted octanol–water partition coefficient (Wildman–Crippen LogP) is 2.25. The van der Waals surface area contributed by atoms with E-state index in [4.69, 9.17) is 0 Å². The van der Waals surface area contributed by atoms with Crippen molar-refractivity contribution in [3.05, 3.63) is 84.9 Å². The molecule has 5 heteroatoms. The molecule has 0 unspecified atom stereocenters. The van der Waals surface area contributed by atoms with Gasteiger partial charge in [-0.25, -0.2) is 0 Å². The Balaban J connectivity index is 2.24. The lowest BCUT2D eigenvalue weighted by atomic mass is 10.3. The van der Waals surface area contributed by atoms with Crippen molar-refractivity contribution >= 4 is 36.7 Å². The zero-order valence-electron chi connectivity index (χ0n) is 12.3. The standard InChI is InChI=1S/C18H16O3P2/c19-23(20,21)18-14-8-7-13-17(18)22(15-9-3-1-4-10-15)16-11-5-2-6-12-16/h1-14H,(H2,19,20,21). The Kier molecular flexibility index (Phi) is 4.75. The molecule has 0 fully saturated rings. The Labute approximate surface area is 136 Å². The highest BCUT2D eigenvalue weighted by Gasteiger charge is 2.27. The van der Waals surface area contributed by atoms with Crippen LogP contribution in [0, 0.1) is 0 Å². The van der Waals surface area contributed by atoms with E-state index < -0.39 is 15.5 Å². The first kappa shape index (κ1) is 16.1. The van der Waals surface area contributed by atoms with Gasteiger partial charge in [-0.1, -0.05) is 78.9 Å². The molecular weight excluding hydrogens is 326 g/mol. The average molecular weight is 342 g/mol. The lowest BCUT2D eigenvalue weighted by Gasteiger charge is -2.22. The summed E-state index contributed by atoms with van der Waals surface area (Å²) in [6.07, 6.45) is 0. The zero-order chi connectivity index (χ0) is 16.3. The first-order valence-corrected chi connectivity index (χ1v) is 10.1. The Morgan fingerprint density at radius 1 is 0.652 bits per heavy atom. The molecule has 0 aliphatic heterocycles. The topological polar surface area (TPSA) is 57.5 Å². The Hall–Kier alpha value is -1.76. The summed E-state index contributed by atoms with van der Waals surface area (Å²) in [5.74, 6) is 0. The number of hydrogen-bond donors (Lipinski definition) is 2. The first-order chi connectivity index (χ1) is 11.1. The highest BCUT2D eigenvalue weighted by molar-refractivity contribution is 7.81. The third-order valence-electron chi connectivity index (χ3n) is 3.47. The molecule has 0 heterocycles. The highest BCUT2D eigenvalue weighted by Crippen LogP contribution is 2.39. The molecule has 0 saturated heterocycles. The molecule has 0 amide bonds. The van der Waals surface area contributed by atoms with E-state index in [0.29, 0.717) is 5.30 Å². The van der Waals surface area contributed by atoms with Crippen LogP contribution in [0.25, 0.3) is 0 Å². The van der Waals surface area contributed by atoms with Crippen LogP contribution < -0.4 is 21.2 Å². The van der Waals surface area contributed by atoms with E-state index in [-0.39, 0.29) is 5.30 Å². The van der Waals surface area contributed by atoms with Gasteiger partial charge in [0, 0.05) is 5.30 Å². The minimum atomic E-state index is -4.33. The van der Waals surface area contributed by atoms with E-state index in [1.807, 2.05) is 72.8 Å². The molecule has 116 valence electrons. The Bertz CT molecular complexity index is 790. The molecular formula is C18H16O3P2. The normalized spacial score (nSPS) is 11.6. The van der Waals surface area contributed by atoms with Crippen LogP contribution in [0.1, 0.15) is 0 Å². The van der Waals surface area contributed by atoms with Gasteiger partial charge in [-0.3, -0.25) is 4.57 Å². The van der Waals surface area contributed by atoms with E-state index in [9.17, 15) is 14.4 Å². The maximum absolute atomic E-state index is 11.9. The molecule has 3 nitrogen and oxygen atoms in total. The maximum Gasteiger partial charge on any atom is 0.356 e. The molecule has 3 aromatic carbocycles. The van der Waals surface area contributed by atoms with Crippen LogP contribution in [0.4, 0.5) is 0 Å². The summed E-state index contributed by atoms with van der Waals surface area (Å²) in [7, 11) is -5.36. The number of hydrogen-bond acceptors (Lipinski definition) is 1. The van der Waals surface area contributed by atoms with Crippen molar-refractivity contribution < 1.29 is 14.4 Å². The van der Waals surface area contributed by atoms with Crippen LogP contribution >= 0.6 is 15.5 Å². The van der Waals surface area contributed by atoms with Crippen molar-refractivity contribution in [2.45, 2.75) is 0 Å². The van der Waals surface area contributed by atoms with Gasteiger partial charge in [0.05, 0.1) is 5.30 Å². The molecule has 23 heavy (non-hydrogen) atoms. The molecule has 0 radical (unpaired) electrons. The predicted molar refractivity (Wildman–Crippen MR) is 96.8 cm³/mol. The van der Waals surface area contributed by atoms with Gasteiger partial charge < -0.3 is 9.79 Å². The molecule has 0 saturated carbocycles. The summed E-state index contributed by atoms with van der Waals surface area (Å²) < 4.78 is 11.9. The van der Waals surface area contributed by atoms with Crippen LogP contribution in [0.5, 0.6) is 0 Å². The zero-order valence-corrected chi connectivity index (χ0v) is 14.1. The second kappa shape index (κ2) is 6.78. The first-order valence-electron chi connectivity index (χ1n) is 7.13. The fraction of sp³-hybridized carbons (Fsp3) is 0. The smallest absolute Gasteiger partial charge is 0.321 e. The Morgan fingerprint density at radius 2 is 1.09 bits per heavy atom. The van der Waals surface area contributed by atoms with E-state index in [2.05, 4.69) is 0 Å². The summed E-state index contributed by atoms with van der Waals surface area (Å²) in [6.45, 7) is 0. The average Bonchev–Trinajstić information content (AvgIpc) is 2.57. The third-order valence-corrected chi connectivity index (χ3v) is 7.16. The Morgan fingerprint density at radius 3 is 1.57 bits per heavy atom. The monoisotopic (exact) mass is 342 g/mol. The van der Waals surface area contributed by atoms with E-state index in [1.54, 1.807) is 6.07 Å². The van der Waals surface area contributed by atoms with Gasteiger partial charge in [-0.2, -0.15) is 0 Å². The molecule has 3 aromatic rings.